The van der Waals surface area contributed by atoms with Crippen LogP contribution in [0, 0.1) is 11.8 Å². The molecule has 21 heavy (non-hydrogen) atoms. The Balaban J connectivity index is 2.18. The van der Waals surface area contributed by atoms with E-state index in [9.17, 15) is 8.42 Å². The molecular formula is C16H26N2O2S. The minimum Gasteiger partial charge on any atom is -0.324 e. The summed E-state index contributed by atoms with van der Waals surface area (Å²) in [4.78, 5) is 0.361. The first-order valence-electron chi connectivity index (χ1n) is 7.68. The summed E-state index contributed by atoms with van der Waals surface area (Å²) in [5.74, 6) is 1.25. The largest absolute Gasteiger partial charge is 0.324 e. The Morgan fingerprint density at radius 2 is 1.81 bits per heavy atom. The quantitative estimate of drug-likeness (QED) is 0.930. The Bertz CT molecular complexity index is 574. The third-order valence-corrected chi connectivity index (χ3v) is 6.36. The van der Waals surface area contributed by atoms with Crippen LogP contribution in [0.15, 0.2) is 29.2 Å². The summed E-state index contributed by atoms with van der Waals surface area (Å²) in [6.07, 6.45) is 1.90. The molecule has 2 rings (SSSR count). The molecule has 0 aromatic heterocycles. The van der Waals surface area contributed by atoms with E-state index in [2.05, 4.69) is 13.8 Å². The van der Waals surface area contributed by atoms with Crippen molar-refractivity contribution in [1.29, 1.82) is 0 Å². The van der Waals surface area contributed by atoms with E-state index in [1.165, 1.54) is 0 Å². The SMILES string of the molecule is CC(N)c1cccc(S(=O)(=O)N2CCC(C(C)C)CC2)c1. The van der Waals surface area contributed by atoms with E-state index in [1.54, 1.807) is 22.5 Å². The lowest BCUT2D eigenvalue weighted by Gasteiger charge is -2.33. The molecule has 1 fully saturated rings. The molecule has 5 heteroatoms. The zero-order valence-corrected chi connectivity index (χ0v) is 13.9. The highest BCUT2D eigenvalue weighted by Gasteiger charge is 2.30. The van der Waals surface area contributed by atoms with Gasteiger partial charge in [0.2, 0.25) is 10.0 Å². The van der Waals surface area contributed by atoms with Gasteiger partial charge in [0.1, 0.15) is 0 Å². The van der Waals surface area contributed by atoms with Gasteiger partial charge in [-0.05, 0) is 49.3 Å². The van der Waals surface area contributed by atoms with Gasteiger partial charge in [-0.25, -0.2) is 8.42 Å². The van der Waals surface area contributed by atoms with Crippen molar-refractivity contribution < 1.29 is 8.42 Å². The monoisotopic (exact) mass is 310 g/mol. The van der Waals surface area contributed by atoms with Gasteiger partial charge < -0.3 is 5.73 Å². The minimum atomic E-state index is -3.39. The van der Waals surface area contributed by atoms with Crippen molar-refractivity contribution in [1.82, 2.24) is 4.31 Å². The van der Waals surface area contributed by atoms with Crippen LogP contribution < -0.4 is 5.73 Å². The van der Waals surface area contributed by atoms with Gasteiger partial charge >= 0.3 is 0 Å². The Kier molecular flexibility index (Phi) is 5.07. The predicted octanol–water partition coefficient (Wildman–Crippen LogP) is 2.76. The first kappa shape index (κ1) is 16.5. The van der Waals surface area contributed by atoms with E-state index >= 15 is 0 Å². The van der Waals surface area contributed by atoms with Gasteiger partial charge in [-0.1, -0.05) is 26.0 Å². The van der Waals surface area contributed by atoms with Gasteiger partial charge in [0.05, 0.1) is 4.90 Å². The fraction of sp³-hybridized carbons (Fsp3) is 0.625. The molecule has 1 unspecified atom stereocenters. The van der Waals surface area contributed by atoms with Gasteiger partial charge in [-0.2, -0.15) is 4.31 Å². The van der Waals surface area contributed by atoms with Crippen LogP contribution in [0.25, 0.3) is 0 Å². The van der Waals surface area contributed by atoms with Crippen LogP contribution in [0.5, 0.6) is 0 Å². The predicted molar refractivity (Wildman–Crippen MR) is 85.4 cm³/mol. The number of nitrogens with two attached hydrogens (primary N) is 1. The number of benzene rings is 1. The number of hydrogen-bond acceptors (Lipinski definition) is 3. The summed E-state index contributed by atoms with van der Waals surface area (Å²) in [6, 6.07) is 6.85. The van der Waals surface area contributed by atoms with Crippen molar-refractivity contribution in [3.63, 3.8) is 0 Å². The average Bonchev–Trinajstić information content (AvgIpc) is 2.47. The molecule has 4 nitrogen and oxygen atoms in total. The first-order chi connectivity index (χ1) is 9.82. The van der Waals surface area contributed by atoms with Crippen molar-refractivity contribution in [2.45, 2.75) is 44.6 Å². The summed E-state index contributed by atoms with van der Waals surface area (Å²) in [6.45, 7) is 7.52. The van der Waals surface area contributed by atoms with Crippen LogP contribution in [-0.4, -0.2) is 25.8 Å². The molecule has 0 spiro atoms. The second kappa shape index (κ2) is 6.46. The van der Waals surface area contributed by atoms with Gasteiger partial charge in [-0.15, -0.1) is 0 Å². The number of sulfonamides is 1. The van der Waals surface area contributed by atoms with Crippen LogP contribution >= 0.6 is 0 Å². The van der Waals surface area contributed by atoms with E-state index in [1.807, 2.05) is 13.0 Å². The number of nitrogens with zero attached hydrogens (tertiary/aromatic N) is 1. The maximum Gasteiger partial charge on any atom is 0.243 e. The summed E-state index contributed by atoms with van der Waals surface area (Å²) in [5.41, 5.74) is 6.70. The van der Waals surface area contributed by atoms with Crippen LogP contribution in [0.4, 0.5) is 0 Å². The topological polar surface area (TPSA) is 63.4 Å². The maximum absolute atomic E-state index is 12.7. The van der Waals surface area contributed by atoms with E-state index in [4.69, 9.17) is 5.73 Å². The molecule has 1 aliphatic heterocycles. The molecular weight excluding hydrogens is 284 g/mol. The normalized spacial score (nSPS) is 19.9. The van der Waals surface area contributed by atoms with Crippen LogP contribution in [0.1, 0.15) is 45.2 Å². The summed E-state index contributed by atoms with van der Waals surface area (Å²) in [7, 11) is -3.39. The zero-order valence-electron chi connectivity index (χ0n) is 13.1. The van der Waals surface area contributed by atoms with Gasteiger partial charge in [-0.3, -0.25) is 0 Å². The third-order valence-electron chi connectivity index (χ3n) is 4.46. The molecule has 0 bridgehead atoms. The summed E-state index contributed by atoms with van der Waals surface area (Å²) < 4.78 is 27.1. The minimum absolute atomic E-state index is 0.160. The lowest BCUT2D eigenvalue weighted by molar-refractivity contribution is 0.226. The third kappa shape index (κ3) is 3.65. The first-order valence-corrected chi connectivity index (χ1v) is 9.12. The van der Waals surface area contributed by atoms with Crippen molar-refractivity contribution in [2.75, 3.05) is 13.1 Å². The summed E-state index contributed by atoms with van der Waals surface area (Å²) >= 11 is 0. The molecule has 1 aromatic carbocycles. The molecule has 0 radical (unpaired) electrons. The van der Waals surface area contributed by atoms with E-state index in [0.717, 1.165) is 18.4 Å². The standard InChI is InChI=1S/C16H26N2O2S/c1-12(2)14-7-9-18(10-8-14)21(19,20)16-6-4-5-15(11-16)13(3)17/h4-6,11-14H,7-10,17H2,1-3H3. The van der Waals surface area contributed by atoms with E-state index in [-0.39, 0.29) is 6.04 Å². The Labute approximate surface area is 128 Å². The van der Waals surface area contributed by atoms with Gasteiger partial charge in [0, 0.05) is 19.1 Å². The highest BCUT2D eigenvalue weighted by atomic mass is 32.2. The van der Waals surface area contributed by atoms with Crippen molar-refractivity contribution in [2.24, 2.45) is 17.6 Å². The van der Waals surface area contributed by atoms with Crippen molar-refractivity contribution >= 4 is 10.0 Å². The molecule has 1 atom stereocenters. The smallest absolute Gasteiger partial charge is 0.243 e. The fourth-order valence-electron chi connectivity index (χ4n) is 2.89. The van der Waals surface area contributed by atoms with Crippen LogP contribution in [-0.2, 0) is 10.0 Å². The van der Waals surface area contributed by atoms with Crippen molar-refractivity contribution in [3.8, 4) is 0 Å². The zero-order chi connectivity index (χ0) is 15.6. The molecule has 0 saturated carbocycles. The number of hydrogen-bond donors (Lipinski definition) is 1. The highest BCUT2D eigenvalue weighted by Crippen LogP contribution is 2.28. The Morgan fingerprint density at radius 3 is 2.33 bits per heavy atom. The fourth-order valence-corrected chi connectivity index (χ4v) is 4.42. The second-order valence-electron chi connectivity index (χ2n) is 6.35. The second-order valence-corrected chi connectivity index (χ2v) is 8.28. The molecule has 0 aliphatic carbocycles. The Morgan fingerprint density at radius 1 is 1.19 bits per heavy atom. The highest BCUT2D eigenvalue weighted by molar-refractivity contribution is 7.89. The number of rotatable bonds is 4. The lowest BCUT2D eigenvalue weighted by atomic mass is 9.87. The van der Waals surface area contributed by atoms with Gasteiger partial charge in [0.15, 0.2) is 0 Å². The molecule has 2 N–H and O–H groups in total. The van der Waals surface area contributed by atoms with Crippen LogP contribution in [0.2, 0.25) is 0 Å². The molecule has 1 aromatic rings. The molecule has 1 heterocycles. The Hall–Kier alpha value is -0.910. The molecule has 1 aliphatic rings. The maximum atomic E-state index is 12.7. The van der Waals surface area contributed by atoms with E-state index in [0.29, 0.717) is 29.8 Å². The van der Waals surface area contributed by atoms with Gasteiger partial charge in [0.25, 0.3) is 0 Å². The number of piperidine rings is 1. The summed E-state index contributed by atoms with van der Waals surface area (Å²) in [5, 5.41) is 0. The molecule has 118 valence electrons. The lowest BCUT2D eigenvalue weighted by Crippen LogP contribution is -2.39. The average molecular weight is 310 g/mol. The molecule has 0 amide bonds. The van der Waals surface area contributed by atoms with Crippen molar-refractivity contribution in [3.05, 3.63) is 29.8 Å². The molecule has 1 saturated heterocycles. The van der Waals surface area contributed by atoms with Crippen LogP contribution in [0.3, 0.4) is 0 Å². The van der Waals surface area contributed by atoms with E-state index < -0.39 is 10.0 Å².